The van der Waals surface area contributed by atoms with E-state index in [2.05, 4.69) is 5.32 Å². The predicted octanol–water partition coefficient (Wildman–Crippen LogP) is 4.04. The van der Waals surface area contributed by atoms with Crippen LogP contribution in [-0.2, 0) is 26.2 Å². The molecule has 0 aliphatic carbocycles. The fourth-order valence-corrected chi connectivity index (χ4v) is 5.42. The van der Waals surface area contributed by atoms with Gasteiger partial charge in [-0.25, -0.2) is 8.42 Å². The molecule has 0 aliphatic rings. The lowest BCUT2D eigenvalue weighted by Gasteiger charge is -2.32. The summed E-state index contributed by atoms with van der Waals surface area (Å²) in [6, 6.07) is 19.2. The van der Waals surface area contributed by atoms with Crippen molar-refractivity contribution in [3.05, 3.63) is 100 Å². The number of hydrogen-bond acceptors (Lipinski definition) is 6. The van der Waals surface area contributed by atoms with Gasteiger partial charge in [-0.3, -0.25) is 24.0 Å². The number of anilines is 1. The SMILES string of the molecule is CCCNC(=O)C(C)N(Cc1cccc(C)c1)C(=O)CN(c1cccc([N+](=O)[O-])c1)S(=O)(=O)c1ccccc1. The van der Waals surface area contributed by atoms with Gasteiger partial charge in [-0.2, -0.15) is 0 Å². The summed E-state index contributed by atoms with van der Waals surface area (Å²) in [6.07, 6.45) is 0.709. The zero-order chi connectivity index (χ0) is 28.6. The van der Waals surface area contributed by atoms with Crippen molar-refractivity contribution in [1.29, 1.82) is 0 Å². The lowest BCUT2D eigenvalue weighted by atomic mass is 10.1. The van der Waals surface area contributed by atoms with Crippen LogP contribution in [0.25, 0.3) is 0 Å². The number of nitrogens with zero attached hydrogens (tertiary/aromatic N) is 3. The number of nitro benzene ring substituents is 1. The molecule has 0 bridgehead atoms. The highest BCUT2D eigenvalue weighted by atomic mass is 32.2. The van der Waals surface area contributed by atoms with Crippen molar-refractivity contribution in [2.45, 2.75) is 44.7 Å². The number of sulfonamides is 1. The molecule has 0 saturated carbocycles. The third-order valence-corrected chi connectivity index (χ3v) is 7.88. The van der Waals surface area contributed by atoms with Crippen molar-refractivity contribution < 1.29 is 22.9 Å². The van der Waals surface area contributed by atoms with Gasteiger partial charge in [0.05, 0.1) is 15.5 Å². The zero-order valence-corrected chi connectivity index (χ0v) is 22.9. The first-order chi connectivity index (χ1) is 18.5. The van der Waals surface area contributed by atoms with E-state index >= 15 is 0 Å². The van der Waals surface area contributed by atoms with Gasteiger partial charge in [0, 0.05) is 25.2 Å². The lowest BCUT2D eigenvalue weighted by molar-refractivity contribution is -0.384. The molecule has 206 valence electrons. The van der Waals surface area contributed by atoms with Gasteiger partial charge in [0.15, 0.2) is 0 Å². The molecule has 0 radical (unpaired) electrons. The summed E-state index contributed by atoms with van der Waals surface area (Å²) in [7, 11) is -4.30. The Morgan fingerprint density at radius 3 is 2.33 bits per heavy atom. The van der Waals surface area contributed by atoms with Crippen molar-refractivity contribution in [2.24, 2.45) is 0 Å². The number of hydrogen-bond donors (Lipinski definition) is 1. The standard InChI is InChI=1S/C28H32N4O6S/c1-4-16-29-28(34)22(3)30(19-23-11-8-10-21(2)17-23)27(33)20-31(24-12-9-13-25(18-24)32(35)36)39(37,38)26-14-6-5-7-15-26/h5-15,17-18,22H,4,16,19-20H2,1-3H3,(H,29,34). The van der Waals surface area contributed by atoms with Crippen molar-refractivity contribution in [3.63, 3.8) is 0 Å². The number of aryl methyl sites for hydroxylation is 1. The monoisotopic (exact) mass is 552 g/mol. The van der Waals surface area contributed by atoms with Crippen molar-refractivity contribution in [1.82, 2.24) is 10.2 Å². The second-order valence-corrected chi connectivity index (χ2v) is 10.9. The van der Waals surface area contributed by atoms with Crippen molar-refractivity contribution in [2.75, 3.05) is 17.4 Å². The number of nitrogens with one attached hydrogen (secondary N) is 1. The molecule has 0 aliphatic heterocycles. The fraction of sp³-hybridized carbons (Fsp3) is 0.286. The van der Waals surface area contributed by atoms with Crippen molar-refractivity contribution in [3.8, 4) is 0 Å². The van der Waals surface area contributed by atoms with Gasteiger partial charge in [0.1, 0.15) is 12.6 Å². The molecule has 1 atom stereocenters. The van der Waals surface area contributed by atoms with Crippen LogP contribution >= 0.6 is 0 Å². The molecule has 3 aromatic carbocycles. The minimum atomic E-state index is -4.30. The van der Waals surface area contributed by atoms with E-state index < -0.39 is 33.4 Å². The van der Waals surface area contributed by atoms with Gasteiger partial charge in [-0.15, -0.1) is 0 Å². The lowest BCUT2D eigenvalue weighted by Crippen LogP contribution is -2.51. The van der Waals surface area contributed by atoms with E-state index in [4.69, 9.17) is 0 Å². The van der Waals surface area contributed by atoms with Crippen LogP contribution in [0, 0.1) is 17.0 Å². The van der Waals surface area contributed by atoms with E-state index in [9.17, 15) is 28.1 Å². The number of benzene rings is 3. The van der Waals surface area contributed by atoms with Gasteiger partial charge < -0.3 is 10.2 Å². The number of carbonyl (C=O) groups excluding carboxylic acids is 2. The van der Waals surface area contributed by atoms with E-state index in [1.165, 1.54) is 35.2 Å². The number of amides is 2. The maximum atomic E-state index is 13.8. The maximum absolute atomic E-state index is 13.8. The van der Waals surface area contributed by atoms with E-state index in [0.717, 1.165) is 21.5 Å². The van der Waals surface area contributed by atoms with Crippen molar-refractivity contribution >= 4 is 33.2 Å². The normalized spacial score (nSPS) is 11.9. The summed E-state index contributed by atoms with van der Waals surface area (Å²) in [4.78, 5) is 38.8. The topological polar surface area (TPSA) is 130 Å². The van der Waals surface area contributed by atoms with Gasteiger partial charge in [-0.1, -0.05) is 61.0 Å². The highest BCUT2D eigenvalue weighted by Crippen LogP contribution is 2.27. The molecular weight excluding hydrogens is 520 g/mol. The summed E-state index contributed by atoms with van der Waals surface area (Å²) in [5.74, 6) is -1.01. The molecule has 1 N–H and O–H groups in total. The van der Waals surface area contributed by atoms with Gasteiger partial charge in [0.2, 0.25) is 11.8 Å². The van der Waals surface area contributed by atoms with E-state index in [1.54, 1.807) is 25.1 Å². The van der Waals surface area contributed by atoms with Crippen LogP contribution in [0.15, 0.2) is 83.8 Å². The Kier molecular flexibility index (Phi) is 9.78. The first-order valence-corrected chi connectivity index (χ1v) is 13.9. The number of rotatable bonds is 12. The van der Waals surface area contributed by atoms with Crippen LogP contribution in [0.3, 0.4) is 0 Å². The molecule has 39 heavy (non-hydrogen) atoms. The van der Waals surface area contributed by atoms with E-state index in [0.29, 0.717) is 13.0 Å². The first-order valence-electron chi connectivity index (χ1n) is 12.5. The Hall–Kier alpha value is -4.25. The molecule has 0 heterocycles. The Bertz CT molecular complexity index is 1430. The molecule has 0 aromatic heterocycles. The molecule has 0 spiro atoms. The Balaban J connectivity index is 2.05. The molecule has 11 heteroatoms. The molecule has 0 saturated heterocycles. The van der Waals surface area contributed by atoms with Crippen LogP contribution < -0.4 is 9.62 Å². The number of non-ortho nitro benzene ring substituents is 1. The van der Waals surface area contributed by atoms with Gasteiger partial charge in [-0.05, 0) is 44.0 Å². The van der Waals surface area contributed by atoms with E-state index in [-0.39, 0.29) is 28.7 Å². The number of carbonyl (C=O) groups is 2. The smallest absolute Gasteiger partial charge is 0.271 e. The highest BCUT2D eigenvalue weighted by molar-refractivity contribution is 7.92. The van der Waals surface area contributed by atoms with Gasteiger partial charge in [0.25, 0.3) is 15.7 Å². The second-order valence-electron chi connectivity index (χ2n) is 9.08. The molecule has 1 unspecified atom stereocenters. The number of nitro groups is 1. The molecular formula is C28H32N4O6S. The third kappa shape index (κ3) is 7.41. The van der Waals surface area contributed by atoms with Crippen LogP contribution in [0.1, 0.15) is 31.4 Å². The summed E-state index contributed by atoms with van der Waals surface area (Å²) < 4.78 is 28.3. The van der Waals surface area contributed by atoms with Gasteiger partial charge >= 0.3 is 0 Å². The molecule has 3 aromatic rings. The third-order valence-electron chi connectivity index (χ3n) is 6.09. The average molecular weight is 553 g/mol. The van der Waals surface area contributed by atoms with Crippen LogP contribution in [0.2, 0.25) is 0 Å². The molecule has 0 fully saturated rings. The van der Waals surface area contributed by atoms with Crippen LogP contribution in [-0.4, -0.2) is 49.2 Å². The largest absolute Gasteiger partial charge is 0.354 e. The fourth-order valence-electron chi connectivity index (χ4n) is 4.00. The minimum absolute atomic E-state index is 0.0417. The summed E-state index contributed by atoms with van der Waals surface area (Å²) in [6.45, 7) is 5.22. The Morgan fingerprint density at radius 2 is 1.69 bits per heavy atom. The molecule has 10 nitrogen and oxygen atoms in total. The summed E-state index contributed by atoms with van der Waals surface area (Å²) in [5, 5.41) is 14.2. The van der Waals surface area contributed by atoms with E-state index in [1.807, 2.05) is 38.1 Å². The molecule has 3 rings (SSSR count). The summed E-state index contributed by atoms with van der Waals surface area (Å²) >= 11 is 0. The van der Waals surface area contributed by atoms with Crippen LogP contribution in [0.4, 0.5) is 11.4 Å². The Morgan fingerprint density at radius 1 is 1.00 bits per heavy atom. The Labute approximate surface area is 228 Å². The second kappa shape index (κ2) is 13.0. The maximum Gasteiger partial charge on any atom is 0.271 e. The summed E-state index contributed by atoms with van der Waals surface area (Å²) in [5.41, 5.74) is 1.37. The molecule has 2 amide bonds. The average Bonchev–Trinajstić information content (AvgIpc) is 2.93. The quantitative estimate of drug-likeness (QED) is 0.267. The first kappa shape index (κ1) is 29.3. The van der Waals surface area contributed by atoms with Crippen LogP contribution in [0.5, 0.6) is 0 Å². The minimum Gasteiger partial charge on any atom is -0.354 e. The highest BCUT2D eigenvalue weighted by Gasteiger charge is 2.33. The predicted molar refractivity (Wildman–Crippen MR) is 149 cm³/mol. The zero-order valence-electron chi connectivity index (χ0n) is 22.1.